The van der Waals surface area contributed by atoms with E-state index >= 15 is 0 Å². The number of carbonyl (C=O) groups excluding carboxylic acids is 1. The fourth-order valence-corrected chi connectivity index (χ4v) is 1.37. The van der Waals surface area contributed by atoms with Crippen molar-refractivity contribution in [2.24, 2.45) is 11.7 Å². The van der Waals surface area contributed by atoms with Crippen LogP contribution in [0.25, 0.3) is 0 Å². The average molecular weight is 219 g/mol. The van der Waals surface area contributed by atoms with Crippen molar-refractivity contribution in [1.29, 1.82) is 0 Å². The van der Waals surface area contributed by atoms with Gasteiger partial charge in [-0.1, -0.05) is 26.7 Å². The first-order valence-corrected chi connectivity index (χ1v) is 5.81. The van der Waals surface area contributed by atoms with Crippen LogP contribution in [-0.4, -0.2) is 24.4 Å². The Morgan fingerprint density at radius 3 is 2.43 bits per heavy atom. The van der Waals surface area contributed by atoms with E-state index in [0.717, 1.165) is 12.8 Å². The molecule has 0 unspecified atom stereocenters. The van der Waals surface area contributed by atoms with Crippen LogP contribution >= 0.6 is 12.6 Å². The molecular formula is C10H21NO2S. The van der Waals surface area contributed by atoms with Gasteiger partial charge in [-0.15, -0.1) is 0 Å². The Balaban J connectivity index is 3.71. The number of thiol groups is 1. The second-order valence-corrected chi connectivity index (χ2v) is 3.88. The minimum Gasteiger partial charge on any atom is -0.464 e. The molecule has 0 heterocycles. The van der Waals surface area contributed by atoms with Gasteiger partial charge in [0.2, 0.25) is 0 Å². The Bertz CT molecular complexity index is 160. The van der Waals surface area contributed by atoms with E-state index in [1.165, 1.54) is 0 Å². The highest BCUT2D eigenvalue weighted by molar-refractivity contribution is 7.80. The summed E-state index contributed by atoms with van der Waals surface area (Å²) in [4.78, 5) is 11.3. The first-order chi connectivity index (χ1) is 6.65. The molecule has 0 aliphatic carbocycles. The Hall–Kier alpha value is -0.220. The number of carbonyl (C=O) groups is 1. The van der Waals surface area contributed by atoms with E-state index in [0.29, 0.717) is 24.7 Å². The van der Waals surface area contributed by atoms with Gasteiger partial charge in [-0.2, -0.15) is 12.6 Å². The van der Waals surface area contributed by atoms with Crippen molar-refractivity contribution in [2.75, 3.05) is 12.4 Å². The van der Waals surface area contributed by atoms with E-state index in [4.69, 9.17) is 10.5 Å². The molecule has 0 spiro atoms. The zero-order chi connectivity index (χ0) is 11.0. The quantitative estimate of drug-likeness (QED) is 0.505. The molecule has 1 atom stereocenters. The summed E-state index contributed by atoms with van der Waals surface area (Å²) in [6.07, 6.45) is 2.64. The van der Waals surface area contributed by atoms with Gasteiger partial charge in [-0.05, 0) is 18.1 Å². The fraction of sp³-hybridized carbons (Fsp3) is 0.900. The highest BCUT2D eigenvalue weighted by atomic mass is 32.1. The zero-order valence-electron chi connectivity index (χ0n) is 9.03. The van der Waals surface area contributed by atoms with Crippen LogP contribution in [0.15, 0.2) is 0 Å². The molecule has 0 rings (SSSR count). The molecular weight excluding hydrogens is 198 g/mol. The van der Waals surface area contributed by atoms with Gasteiger partial charge in [0.15, 0.2) is 0 Å². The van der Waals surface area contributed by atoms with Crippen molar-refractivity contribution >= 4 is 18.6 Å². The SMILES string of the molecule is CCC(CC)COC(=O)[C@@H](N)CCS. The molecule has 0 saturated carbocycles. The van der Waals surface area contributed by atoms with E-state index in [1.807, 2.05) is 0 Å². The molecule has 0 aliphatic rings. The Kier molecular flexibility index (Phi) is 7.99. The first kappa shape index (κ1) is 13.8. The van der Waals surface area contributed by atoms with Crippen LogP contribution in [0, 0.1) is 5.92 Å². The largest absolute Gasteiger partial charge is 0.464 e. The summed E-state index contributed by atoms with van der Waals surface area (Å²) < 4.78 is 5.10. The lowest BCUT2D eigenvalue weighted by Crippen LogP contribution is -2.33. The number of hydrogen-bond acceptors (Lipinski definition) is 4. The van der Waals surface area contributed by atoms with Crippen LogP contribution in [0.3, 0.4) is 0 Å². The lowest BCUT2D eigenvalue weighted by Gasteiger charge is -2.15. The summed E-state index contributed by atoms with van der Waals surface area (Å²) in [5, 5.41) is 0. The van der Waals surface area contributed by atoms with Crippen molar-refractivity contribution in [1.82, 2.24) is 0 Å². The van der Waals surface area contributed by atoms with Crippen LogP contribution in [0.1, 0.15) is 33.1 Å². The van der Waals surface area contributed by atoms with Gasteiger partial charge in [-0.3, -0.25) is 4.79 Å². The van der Waals surface area contributed by atoms with Crippen molar-refractivity contribution in [2.45, 2.75) is 39.2 Å². The van der Waals surface area contributed by atoms with Gasteiger partial charge in [0.1, 0.15) is 6.04 Å². The highest BCUT2D eigenvalue weighted by Gasteiger charge is 2.15. The highest BCUT2D eigenvalue weighted by Crippen LogP contribution is 2.08. The van der Waals surface area contributed by atoms with E-state index in [9.17, 15) is 4.79 Å². The maximum atomic E-state index is 11.3. The standard InChI is InChI=1S/C10H21NO2S/c1-3-8(4-2)7-13-10(12)9(11)5-6-14/h8-9,14H,3-7,11H2,1-2H3/t9-/m0/s1. The molecule has 0 aromatic rings. The van der Waals surface area contributed by atoms with Crippen molar-refractivity contribution in [3.8, 4) is 0 Å². The number of esters is 1. The van der Waals surface area contributed by atoms with Crippen LogP contribution in [-0.2, 0) is 9.53 Å². The molecule has 0 fully saturated rings. The second kappa shape index (κ2) is 8.12. The minimum absolute atomic E-state index is 0.300. The zero-order valence-corrected chi connectivity index (χ0v) is 9.93. The molecule has 0 amide bonds. The summed E-state index contributed by atoms with van der Waals surface area (Å²) in [6, 6.07) is -0.512. The van der Waals surface area contributed by atoms with Crippen molar-refractivity contribution in [3.05, 3.63) is 0 Å². The normalized spacial score (nSPS) is 12.9. The second-order valence-electron chi connectivity index (χ2n) is 3.43. The third kappa shape index (κ3) is 5.50. The monoisotopic (exact) mass is 219 g/mol. The van der Waals surface area contributed by atoms with Gasteiger partial charge < -0.3 is 10.5 Å². The lowest BCUT2D eigenvalue weighted by molar-refractivity contribution is -0.146. The molecule has 3 nitrogen and oxygen atoms in total. The van der Waals surface area contributed by atoms with Crippen LogP contribution < -0.4 is 5.73 Å². The maximum Gasteiger partial charge on any atom is 0.322 e. The van der Waals surface area contributed by atoms with Gasteiger partial charge in [-0.25, -0.2) is 0 Å². The molecule has 0 radical (unpaired) electrons. The molecule has 14 heavy (non-hydrogen) atoms. The average Bonchev–Trinajstić information content (AvgIpc) is 2.19. The molecule has 2 N–H and O–H groups in total. The molecule has 0 aliphatic heterocycles. The topological polar surface area (TPSA) is 52.3 Å². The summed E-state index contributed by atoms with van der Waals surface area (Å²) >= 11 is 4.01. The van der Waals surface area contributed by atoms with Crippen molar-refractivity contribution in [3.63, 3.8) is 0 Å². The van der Waals surface area contributed by atoms with E-state index in [2.05, 4.69) is 26.5 Å². The fourth-order valence-electron chi connectivity index (χ4n) is 1.09. The van der Waals surface area contributed by atoms with Crippen LogP contribution in [0.5, 0.6) is 0 Å². The molecule has 0 aromatic heterocycles. The number of ether oxygens (including phenoxy) is 1. The van der Waals surface area contributed by atoms with E-state index in [1.54, 1.807) is 0 Å². The predicted molar refractivity (Wildman–Crippen MR) is 61.5 cm³/mol. The Labute approximate surface area is 91.8 Å². The van der Waals surface area contributed by atoms with Crippen LogP contribution in [0.2, 0.25) is 0 Å². The van der Waals surface area contributed by atoms with E-state index in [-0.39, 0.29) is 5.97 Å². The minimum atomic E-state index is -0.512. The molecule has 0 bridgehead atoms. The van der Waals surface area contributed by atoms with Crippen molar-refractivity contribution < 1.29 is 9.53 Å². The molecule has 84 valence electrons. The smallest absolute Gasteiger partial charge is 0.322 e. The van der Waals surface area contributed by atoms with Gasteiger partial charge in [0.05, 0.1) is 6.61 Å². The Morgan fingerprint density at radius 1 is 1.43 bits per heavy atom. The Morgan fingerprint density at radius 2 is 2.00 bits per heavy atom. The number of rotatable bonds is 7. The third-order valence-electron chi connectivity index (χ3n) is 2.36. The molecule has 0 saturated heterocycles. The summed E-state index contributed by atoms with van der Waals surface area (Å²) in [5.74, 6) is 0.773. The van der Waals surface area contributed by atoms with Gasteiger partial charge >= 0.3 is 5.97 Å². The number of hydrogen-bond donors (Lipinski definition) is 2. The van der Waals surface area contributed by atoms with Gasteiger partial charge in [0.25, 0.3) is 0 Å². The molecule has 4 heteroatoms. The number of nitrogens with two attached hydrogens (primary N) is 1. The van der Waals surface area contributed by atoms with E-state index < -0.39 is 6.04 Å². The predicted octanol–water partition coefficient (Wildman–Crippen LogP) is 1.61. The summed E-state index contributed by atoms with van der Waals surface area (Å²) in [6.45, 7) is 4.68. The van der Waals surface area contributed by atoms with Gasteiger partial charge in [0, 0.05) is 0 Å². The maximum absolute atomic E-state index is 11.3. The third-order valence-corrected chi connectivity index (χ3v) is 2.62. The van der Waals surface area contributed by atoms with Crippen LogP contribution in [0.4, 0.5) is 0 Å². The lowest BCUT2D eigenvalue weighted by atomic mass is 10.1. The summed E-state index contributed by atoms with van der Waals surface area (Å²) in [7, 11) is 0. The summed E-state index contributed by atoms with van der Waals surface area (Å²) in [5.41, 5.74) is 5.57. The first-order valence-electron chi connectivity index (χ1n) is 5.18. The molecule has 0 aromatic carbocycles.